The first-order valence-electron chi connectivity index (χ1n) is 12.0. The zero-order valence-corrected chi connectivity index (χ0v) is 19.1. The van der Waals surface area contributed by atoms with Crippen LogP contribution in [-0.4, -0.2) is 0 Å². The molecule has 0 spiro atoms. The zero-order valence-electron chi connectivity index (χ0n) is 19.1. The highest BCUT2D eigenvalue weighted by molar-refractivity contribution is 5.89. The molecule has 0 aromatic heterocycles. The minimum atomic E-state index is -5.17. The minimum Gasteiger partial charge on any atom is -0.206 e. The number of unbranched alkanes of at least 4 members (excludes halogenated alkanes) is 2. The summed E-state index contributed by atoms with van der Waals surface area (Å²) in [5.74, 6) is -3.02. The van der Waals surface area contributed by atoms with E-state index in [4.69, 9.17) is 0 Å². The third-order valence-electron chi connectivity index (χ3n) is 7.15. The van der Waals surface area contributed by atoms with E-state index in [1.54, 1.807) is 12.1 Å². The molecule has 0 unspecified atom stereocenters. The third-order valence-corrected chi connectivity index (χ3v) is 7.15. The molecule has 0 N–H and O–H groups in total. The van der Waals surface area contributed by atoms with Crippen LogP contribution in [0.25, 0.3) is 21.9 Å². The Kier molecular flexibility index (Phi) is 7.25. The number of fused-ring (bicyclic) bond motifs is 1. The molecule has 0 aliphatic heterocycles. The minimum absolute atomic E-state index is 0.139. The molecule has 6 heteroatoms. The molecule has 0 nitrogen and oxygen atoms in total. The van der Waals surface area contributed by atoms with Gasteiger partial charge in [-0.25, -0.2) is 13.2 Å². The Labute approximate surface area is 196 Å². The Morgan fingerprint density at radius 3 is 2.12 bits per heavy atom. The molecule has 0 heterocycles. The van der Waals surface area contributed by atoms with Gasteiger partial charge in [0.15, 0.2) is 0 Å². The first-order chi connectivity index (χ1) is 16.2. The normalized spacial score (nSPS) is 19.0. The van der Waals surface area contributed by atoms with E-state index in [1.807, 2.05) is 12.1 Å². The molecule has 4 rings (SSSR count). The zero-order chi connectivity index (χ0) is 24.5. The predicted octanol–water partition coefficient (Wildman–Crippen LogP) is 9.80. The number of alkyl halides is 3. The van der Waals surface area contributed by atoms with Crippen molar-refractivity contribution in [3.8, 4) is 11.1 Å². The summed E-state index contributed by atoms with van der Waals surface area (Å²) in [6.45, 7) is 2.21. The fourth-order valence-electron chi connectivity index (χ4n) is 5.25. The number of hydrogen-bond acceptors (Lipinski definition) is 0. The quantitative estimate of drug-likeness (QED) is 0.244. The third kappa shape index (κ3) is 5.11. The summed E-state index contributed by atoms with van der Waals surface area (Å²) < 4.78 is 81.9. The van der Waals surface area contributed by atoms with Crippen molar-refractivity contribution in [2.45, 2.75) is 70.4 Å². The second kappa shape index (κ2) is 10.0. The fraction of sp³-hybridized carbons (Fsp3) is 0.429. The van der Waals surface area contributed by atoms with Crippen molar-refractivity contribution in [1.29, 1.82) is 0 Å². The van der Waals surface area contributed by atoms with Crippen LogP contribution in [0.15, 0.2) is 42.5 Å². The predicted molar refractivity (Wildman–Crippen MR) is 123 cm³/mol. The summed E-state index contributed by atoms with van der Waals surface area (Å²) in [5, 5.41) is 0.937. The standard InChI is InChI=1S/C28H28F6/c1-2-3-4-5-17-6-8-18(9-7-17)19-10-12-22-20(14-19)11-13-23(27(22)31)21-15-24(29)26(25(30)16-21)28(32,33)34/h10-18H,2-9H2,1H3/t17-,18-. The van der Waals surface area contributed by atoms with E-state index in [2.05, 4.69) is 6.92 Å². The summed E-state index contributed by atoms with van der Waals surface area (Å²) in [7, 11) is 0. The van der Waals surface area contributed by atoms with E-state index >= 15 is 4.39 Å². The Balaban J connectivity index is 1.56. The maximum Gasteiger partial charge on any atom is 0.422 e. The van der Waals surface area contributed by atoms with Crippen LogP contribution < -0.4 is 0 Å². The lowest BCUT2D eigenvalue weighted by Gasteiger charge is -2.29. The first kappa shape index (κ1) is 24.6. The molecule has 1 aliphatic carbocycles. The van der Waals surface area contributed by atoms with Gasteiger partial charge in [0.2, 0.25) is 0 Å². The van der Waals surface area contributed by atoms with E-state index in [9.17, 15) is 22.0 Å². The molecular formula is C28H28F6. The van der Waals surface area contributed by atoms with Gasteiger partial charge in [-0.15, -0.1) is 0 Å². The monoisotopic (exact) mass is 478 g/mol. The van der Waals surface area contributed by atoms with Gasteiger partial charge in [0.25, 0.3) is 0 Å². The topological polar surface area (TPSA) is 0 Å². The van der Waals surface area contributed by atoms with Crippen molar-refractivity contribution in [3.05, 3.63) is 71.0 Å². The van der Waals surface area contributed by atoms with Crippen molar-refractivity contribution in [3.63, 3.8) is 0 Å². The van der Waals surface area contributed by atoms with Crippen LogP contribution in [0, 0.1) is 23.4 Å². The molecule has 1 aliphatic rings. The molecule has 0 bridgehead atoms. The maximum atomic E-state index is 15.3. The Bertz CT molecular complexity index is 1130. The smallest absolute Gasteiger partial charge is 0.206 e. The molecule has 3 aromatic rings. The van der Waals surface area contributed by atoms with E-state index in [-0.39, 0.29) is 16.5 Å². The highest BCUT2D eigenvalue weighted by Crippen LogP contribution is 2.40. The molecule has 34 heavy (non-hydrogen) atoms. The van der Waals surface area contributed by atoms with Crippen LogP contribution in [0.4, 0.5) is 26.3 Å². The van der Waals surface area contributed by atoms with Crippen LogP contribution in [0.1, 0.15) is 75.3 Å². The van der Waals surface area contributed by atoms with E-state index in [1.165, 1.54) is 44.6 Å². The van der Waals surface area contributed by atoms with Crippen LogP contribution in [0.2, 0.25) is 0 Å². The molecule has 182 valence electrons. The molecule has 1 saturated carbocycles. The van der Waals surface area contributed by atoms with Gasteiger partial charge in [-0.2, -0.15) is 13.2 Å². The van der Waals surface area contributed by atoms with Crippen LogP contribution in [0.3, 0.4) is 0 Å². The Morgan fingerprint density at radius 1 is 0.824 bits per heavy atom. The highest BCUT2D eigenvalue weighted by atomic mass is 19.4. The van der Waals surface area contributed by atoms with Crippen molar-refractivity contribution >= 4 is 10.8 Å². The van der Waals surface area contributed by atoms with Gasteiger partial charge in [0.1, 0.15) is 23.0 Å². The average Bonchev–Trinajstić information content (AvgIpc) is 2.78. The summed E-state index contributed by atoms with van der Waals surface area (Å²) in [4.78, 5) is 0. The lowest BCUT2D eigenvalue weighted by atomic mass is 9.76. The largest absolute Gasteiger partial charge is 0.422 e. The number of hydrogen-bond donors (Lipinski definition) is 0. The number of benzene rings is 3. The molecule has 0 amide bonds. The summed E-state index contributed by atoms with van der Waals surface area (Å²) in [6.07, 6.45) is 4.53. The Morgan fingerprint density at radius 2 is 1.50 bits per heavy atom. The van der Waals surface area contributed by atoms with Crippen molar-refractivity contribution in [2.24, 2.45) is 5.92 Å². The lowest BCUT2D eigenvalue weighted by molar-refractivity contribution is -0.142. The van der Waals surface area contributed by atoms with Gasteiger partial charge in [-0.3, -0.25) is 0 Å². The molecule has 3 aromatic carbocycles. The van der Waals surface area contributed by atoms with E-state index < -0.39 is 29.2 Å². The molecule has 0 radical (unpaired) electrons. The molecular weight excluding hydrogens is 450 g/mol. The Hall–Kier alpha value is -2.50. The van der Waals surface area contributed by atoms with Gasteiger partial charge in [-0.05, 0) is 66.2 Å². The maximum absolute atomic E-state index is 15.3. The molecule has 1 fully saturated rings. The molecule has 0 atom stereocenters. The van der Waals surface area contributed by atoms with Crippen LogP contribution >= 0.6 is 0 Å². The number of rotatable bonds is 6. The first-order valence-corrected chi connectivity index (χ1v) is 12.0. The van der Waals surface area contributed by atoms with E-state index in [0.29, 0.717) is 23.4 Å². The lowest BCUT2D eigenvalue weighted by Crippen LogP contribution is -2.13. The van der Waals surface area contributed by atoms with E-state index in [0.717, 1.165) is 24.3 Å². The van der Waals surface area contributed by atoms with Gasteiger partial charge in [0.05, 0.1) is 0 Å². The average molecular weight is 479 g/mol. The summed E-state index contributed by atoms with van der Waals surface area (Å²) >= 11 is 0. The van der Waals surface area contributed by atoms with Crippen molar-refractivity contribution in [2.75, 3.05) is 0 Å². The molecule has 0 saturated heterocycles. The SMILES string of the molecule is CCCCC[C@H]1CC[C@H](c2ccc3c(F)c(-c4cc(F)c(C(F)(F)F)c(F)c4)ccc3c2)CC1. The summed E-state index contributed by atoms with van der Waals surface area (Å²) in [5.41, 5.74) is -1.23. The fourth-order valence-corrected chi connectivity index (χ4v) is 5.25. The van der Waals surface area contributed by atoms with Crippen molar-refractivity contribution in [1.82, 2.24) is 0 Å². The summed E-state index contributed by atoms with van der Waals surface area (Å²) in [6, 6.07) is 9.60. The second-order valence-corrected chi connectivity index (χ2v) is 9.43. The highest BCUT2D eigenvalue weighted by Gasteiger charge is 2.38. The van der Waals surface area contributed by atoms with Crippen LogP contribution in [0.5, 0.6) is 0 Å². The van der Waals surface area contributed by atoms with Crippen LogP contribution in [-0.2, 0) is 6.18 Å². The van der Waals surface area contributed by atoms with Gasteiger partial charge >= 0.3 is 6.18 Å². The second-order valence-electron chi connectivity index (χ2n) is 9.43. The van der Waals surface area contributed by atoms with Gasteiger partial charge in [-0.1, -0.05) is 62.9 Å². The van der Waals surface area contributed by atoms with Gasteiger partial charge in [0, 0.05) is 10.9 Å². The van der Waals surface area contributed by atoms with Crippen molar-refractivity contribution < 1.29 is 26.3 Å². The van der Waals surface area contributed by atoms with Gasteiger partial charge < -0.3 is 0 Å². The number of halogens is 6.